The van der Waals surface area contributed by atoms with Gasteiger partial charge in [-0.3, -0.25) is 9.78 Å². The zero-order chi connectivity index (χ0) is 18.5. The number of halogens is 2. The van der Waals surface area contributed by atoms with Crippen molar-refractivity contribution in [1.82, 2.24) is 9.88 Å². The first-order valence-corrected chi connectivity index (χ1v) is 8.89. The Bertz CT molecular complexity index is 722. The number of piperidine rings is 1. The molecule has 0 unspecified atom stereocenters. The van der Waals surface area contributed by atoms with Crippen LogP contribution in [0.5, 0.6) is 0 Å². The molecule has 0 aliphatic carbocycles. The normalized spacial score (nSPS) is 18.8. The van der Waals surface area contributed by atoms with Gasteiger partial charge in [-0.25, -0.2) is 8.78 Å². The lowest BCUT2D eigenvalue weighted by Gasteiger charge is -2.37. The molecule has 1 aromatic heterocycles. The van der Waals surface area contributed by atoms with Crippen LogP contribution in [0.2, 0.25) is 0 Å². The van der Waals surface area contributed by atoms with Crippen molar-refractivity contribution in [3.05, 3.63) is 65.5 Å². The van der Waals surface area contributed by atoms with E-state index < -0.39 is 12.5 Å². The van der Waals surface area contributed by atoms with Crippen LogP contribution in [-0.4, -0.2) is 28.4 Å². The Labute approximate surface area is 152 Å². The first-order valence-electron chi connectivity index (χ1n) is 8.89. The van der Waals surface area contributed by atoms with Gasteiger partial charge in [-0.2, -0.15) is 0 Å². The molecule has 0 spiro atoms. The van der Waals surface area contributed by atoms with E-state index >= 15 is 0 Å². The van der Waals surface area contributed by atoms with E-state index in [1.807, 2.05) is 17.0 Å². The van der Waals surface area contributed by atoms with Crippen molar-refractivity contribution in [2.75, 3.05) is 6.54 Å². The average molecular weight is 359 g/mol. The van der Waals surface area contributed by atoms with E-state index in [4.69, 9.17) is 5.73 Å². The van der Waals surface area contributed by atoms with E-state index in [1.165, 1.54) is 12.1 Å². The van der Waals surface area contributed by atoms with Crippen molar-refractivity contribution < 1.29 is 13.6 Å². The molecule has 3 rings (SSSR count). The van der Waals surface area contributed by atoms with Crippen molar-refractivity contribution in [3.8, 4) is 0 Å². The number of nitrogens with zero attached hydrogens (tertiary/aromatic N) is 2. The summed E-state index contributed by atoms with van der Waals surface area (Å²) in [6.45, 7) is 0.677. The van der Waals surface area contributed by atoms with E-state index in [1.54, 1.807) is 24.5 Å². The molecule has 1 aromatic carbocycles. The number of carbonyl (C=O) groups is 1. The van der Waals surface area contributed by atoms with Gasteiger partial charge in [0, 0.05) is 24.5 Å². The molecule has 2 aromatic rings. The number of pyridine rings is 1. The summed E-state index contributed by atoms with van der Waals surface area (Å²) in [5.41, 5.74) is 7.94. The van der Waals surface area contributed by atoms with Gasteiger partial charge in [0.2, 0.25) is 5.91 Å². The summed E-state index contributed by atoms with van der Waals surface area (Å²) in [5.74, 6) is -0.100. The maximum atomic E-state index is 12.9. The Balaban J connectivity index is 1.69. The van der Waals surface area contributed by atoms with Gasteiger partial charge in [-0.1, -0.05) is 30.3 Å². The number of hydrogen-bond donors (Lipinski definition) is 1. The molecular weight excluding hydrogens is 336 g/mol. The molecule has 1 aliphatic rings. The Kier molecular flexibility index (Phi) is 5.93. The fourth-order valence-corrected chi connectivity index (χ4v) is 3.47. The SMILES string of the molecule is N[C@@H](Cc1ccc(C(F)F)cc1)C(=O)N1CCCC[C@@H]1c1cccnc1. The number of nitrogens with two attached hydrogens (primary N) is 1. The zero-order valence-electron chi connectivity index (χ0n) is 14.5. The van der Waals surface area contributed by atoms with E-state index in [-0.39, 0.29) is 17.5 Å². The second-order valence-electron chi connectivity index (χ2n) is 6.68. The van der Waals surface area contributed by atoms with E-state index in [0.29, 0.717) is 13.0 Å². The molecule has 6 heteroatoms. The van der Waals surface area contributed by atoms with Crippen molar-refractivity contribution >= 4 is 5.91 Å². The Morgan fingerprint density at radius 2 is 2.00 bits per heavy atom. The van der Waals surface area contributed by atoms with Crippen LogP contribution < -0.4 is 5.73 Å². The topological polar surface area (TPSA) is 59.2 Å². The highest BCUT2D eigenvalue weighted by molar-refractivity contribution is 5.82. The quantitative estimate of drug-likeness (QED) is 0.887. The predicted octanol–water partition coefficient (Wildman–Crippen LogP) is 3.64. The van der Waals surface area contributed by atoms with E-state index in [0.717, 1.165) is 30.4 Å². The molecule has 0 saturated carbocycles. The van der Waals surface area contributed by atoms with Crippen molar-refractivity contribution in [2.45, 2.75) is 44.2 Å². The molecule has 2 heterocycles. The van der Waals surface area contributed by atoms with Gasteiger partial charge >= 0.3 is 0 Å². The Morgan fingerprint density at radius 1 is 1.23 bits per heavy atom. The van der Waals surface area contributed by atoms with Gasteiger partial charge < -0.3 is 10.6 Å². The third-order valence-electron chi connectivity index (χ3n) is 4.86. The highest BCUT2D eigenvalue weighted by Gasteiger charge is 2.31. The van der Waals surface area contributed by atoms with Crippen LogP contribution in [0.4, 0.5) is 8.78 Å². The monoisotopic (exact) mass is 359 g/mol. The van der Waals surface area contributed by atoms with Gasteiger partial charge in [0.15, 0.2) is 0 Å². The molecule has 2 atom stereocenters. The molecule has 1 saturated heterocycles. The number of amides is 1. The van der Waals surface area contributed by atoms with Crippen molar-refractivity contribution in [1.29, 1.82) is 0 Å². The molecule has 1 amide bonds. The van der Waals surface area contributed by atoms with E-state index in [9.17, 15) is 13.6 Å². The maximum absolute atomic E-state index is 12.9. The standard InChI is InChI=1S/C20H23F2N3O/c21-19(22)15-8-6-14(7-9-15)12-17(23)20(26)25-11-2-1-5-18(25)16-4-3-10-24-13-16/h3-4,6-10,13,17-19H,1-2,5,11-12,23H2/t17-,18+/m0/s1. The molecule has 4 nitrogen and oxygen atoms in total. The summed E-state index contributed by atoms with van der Waals surface area (Å²) in [7, 11) is 0. The summed E-state index contributed by atoms with van der Waals surface area (Å²) in [6.07, 6.45) is 4.27. The smallest absolute Gasteiger partial charge is 0.263 e. The summed E-state index contributed by atoms with van der Waals surface area (Å²) in [4.78, 5) is 18.9. The fraction of sp³-hybridized carbons (Fsp3) is 0.400. The van der Waals surface area contributed by atoms with Crippen LogP contribution in [0.25, 0.3) is 0 Å². The minimum Gasteiger partial charge on any atom is -0.334 e. The van der Waals surface area contributed by atoms with Gasteiger partial charge in [0.1, 0.15) is 0 Å². The number of aromatic nitrogens is 1. The number of hydrogen-bond acceptors (Lipinski definition) is 3. The highest BCUT2D eigenvalue weighted by Crippen LogP contribution is 2.31. The molecule has 138 valence electrons. The lowest BCUT2D eigenvalue weighted by Crippen LogP contribution is -2.48. The predicted molar refractivity (Wildman–Crippen MR) is 95.6 cm³/mol. The summed E-state index contributed by atoms with van der Waals surface area (Å²) in [5, 5.41) is 0. The summed E-state index contributed by atoms with van der Waals surface area (Å²) in [6, 6.07) is 9.16. The van der Waals surface area contributed by atoms with Crippen LogP contribution in [0, 0.1) is 0 Å². The first kappa shape index (κ1) is 18.5. The minimum atomic E-state index is -2.49. The van der Waals surface area contributed by atoms with Gasteiger partial charge in [0.25, 0.3) is 6.43 Å². The number of rotatable bonds is 5. The third-order valence-corrected chi connectivity index (χ3v) is 4.86. The molecule has 1 fully saturated rings. The molecule has 0 bridgehead atoms. The van der Waals surface area contributed by atoms with Crippen LogP contribution in [-0.2, 0) is 11.2 Å². The summed E-state index contributed by atoms with van der Waals surface area (Å²) >= 11 is 0. The average Bonchev–Trinajstić information content (AvgIpc) is 2.68. The van der Waals surface area contributed by atoms with Gasteiger partial charge in [0.05, 0.1) is 12.1 Å². The lowest BCUT2D eigenvalue weighted by atomic mass is 9.94. The number of carbonyl (C=O) groups excluding carboxylic acids is 1. The zero-order valence-corrected chi connectivity index (χ0v) is 14.5. The van der Waals surface area contributed by atoms with Gasteiger partial charge in [-0.05, 0) is 42.9 Å². The molecule has 2 N–H and O–H groups in total. The third kappa shape index (κ3) is 4.25. The van der Waals surface area contributed by atoms with Crippen LogP contribution in [0.15, 0.2) is 48.8 Å². The number of alkyl halides is 2. The maximum Gasteiger partial charge on any atom is 0.263 e. The van der Waals surface area contributed by atoms with Crippen LogP contribution in [0.3, 0.4) is 0 Å². The fourth-order valence-electron chi connectivity index (χ4n) is 3.47. The van der Waals surface area contributed by atoms with Gasteiger partial charge in [-0.15, -0.1) is 0 Å². The van der Waals surface area contributed by atoms with Crippen LogP contribution in [0.1, 0.15) is 48.4 Å². The number of likely N-dealkylation sites (tertiary alicyclic amines) is 1. The minimum absolute atomic E-state index is 0.00258. The second kappa shape index (κ2) is 8.36. The first-order chi connectivity index (χ1) is 12.6. The summed E-state index contributed by atoms with van der Waals surface area (Å²) < 4.78 is 25.3. The molecular formula is C20H23F2N3O. The Hall–Kier alpha value is -2.34. The molecule has 26 heavy (non-hydrogen) atoms. The van der Waals surface area contributed by atoms with Crippen molar-refractivity contribution in [2.24, 2.45) is 5.73 Å². The highest BCUT2D eigenvalue weighted by atomic mass is 19.3. The molecule has 1 aliphatic heterocycles. The lowest BCUT2D eigenvalue weighted by molar-refractivity contribution is -0.136. The van der Waals surface area contributed by atoms with E-state index in [2.05, 4.69) is 4.98 Å². The van der Waals surface area contributed by atoms with Crippen LogP contribution >= 0.6 is 0 Å². The van der Waals surface area contributed by atoms with Crippen molar-refractivity contribution in [3.63, 3.8) is 0 Å². The second-order valence-corrected chi connectivity index (χ2v) is 6.68. The number of benzene rings is 1. The largest absolute Gasteiger partial charge is 0.334 e. The Morgan fingerprint density at radius 3 is 2.65 bits per heavy atom. The molecule has 0 radical (unpaired) electrons.